The number of benzene rings is 1. The zero-order valence-electron chi connectivity index (χ0n) is 11.7. The summed E-state index contributed by atoms with van der Waals surface area (Å²) in [6.45, 7) is 4.27. The molecule has 2 unspecified atom stereocenters. The van der Waals surface area contributed by atoms with E-state index < -0.39 is 0 Å². The standard InChI is InChI=1S/C15H21BrN2O2/c1-11(20)17-15-5-6-18(9-13(15)10-19)8-12-3-2-4-14(16)7-12/h2-4,7,13,15,19H,5-6,8-10H2,1H3,(H,17,20). The van der Waals surface area contributed by atoms with E-state index in [-0.39, 0.29) is 24.5 Å². The first kappa shape index (κ1) is 15.5. The number of likely N-dealkylation sites (tertiary alicyclic amines) is 1. The SMILES string of the molecule is CC(=O)NC1CCN(Cc2cccc(Br)c2)CC1CO. The summed E-state index contributed by atoms with van der Waals surface area (Å²) in [6, 6.07) is 8.37. The van der Waals surface area contributed by atoms with Crippen LogP contribution in [0.5, 0.6) is 0 Å². The molecule has 1 amide bonds. The van der Waals surface area contributed by atoms with Gasteiger partial charge in [-0.3, -0.25) is 9.69 Å². The van der Waals surface area contributed by atoms with Gasteiger partial charge in [0.1, 0.15) is 0 Å². The van der Waals surface area contributed by atoms with Gasteiger partial charge >= 0.3 is 0 Å². The first-order valence-electron chi connectivity index (χ1n) is 6.93. The fourth-order valence-electron chi connectivity index (χ4n) is 2.78. The Morgan fingerprint density at radius 1 is 1.55 bits per heavy atom. The maximum Gasteiger partial charge on any atom is 0.217 e. The monoisotopic (exact) mass is 340 g/mol. The third kappa shape index (κ3) is 4.30. The van der Waals surface area contributed by atoms with Gasteiger partial charge in [-0.15, -0.1) is 0 Å². The number of hydrogen-bond donors (Lipinski definition) is 2. The van der Waals surface area contributed by atoms with Crippen molar-refractivity contribution in [2.75, 3.05) is 19.7 Å². The highest BCUT2D eigenvalue weighted by atomic mass is 79.9. The summed E-state index contributed by atoms with van der Waals surface area (Å²) in [5, 5.41) is 12.5. The number of aliphatic hydroxyl groups excluding tert-OH is 1. The first-order chi connectivity index (χ1) is 9.58. The molecule has 0 aromatic heterocycles. The molecule has 110 valence electrons. The van der Waals surface area contributed by atoms with Crippen molar-refractivity contribution < 1.29 is 9.90 Å². The molecule has 1 heterocycles. The van der Waals surface area contributed by atoms with E-state index in [0.29, 0.717) is 0 Å². The molecule has 0 aliphatic carbocycles. The molecule has 0 spiro atoms. The number of nitrogens with one attached hydrogen (secondary N) is 1. The lowest BCUT2D eigenvalue weighted by Crippen LogP contribution is -2.51. The second-order valence-electron chi connectivity index (χ2n) is 5.40. The fourth-order valence-corrected chi connectivity index (χ4v) is 3.23. The Morgan fingerprint density at radius 3 is 3.00 bits per heavy atom. The smallest absolute Gasteiger partial charge is 0.217 e. The van der Waals surface area contributed by atoms with Crippen molar-refractivity contribution in [3.05, 3.63) is 34.3 Å². The molecule has 2 rings (SSSR count). The molecule has 2 N–H and O–H groups in total. The Balaban J connectivity index is 1.94. The van der Waals surface area contributed by atoms with Crippen LogP contribution in [0.2, 0.25) is 0 Å². The molecule has 0 saturated carbocycles. The number of halogens is 1. The third-order valence-corrected chi connectivity index (χ3v) is 4.23. The maximum atomic E-state index is 11.2. The molecular weight excluding hydrogens is 320 g/mol. The van der Waals surface area contributed by atoms with E-state index in [1.165, 1.54) is 12.5 Å². The van der Waals surface area contributed by atoms with Gasteiger partial charge in [-0.25, -0.2) is 0 Å². The number of hydrogen-bond acceptors (Lipinski definition) is 3. The molecule has 1 fully saturated rings. The molecule has 0 radical (unpaired) electrons. The lowest BCUT2D eigenvalue weighted by atomic mass is 9.92. The van der Waals surface area contributed by atoms with Crippen molar-refractivity contribution in [3.63, 3.8) is 0 Å². The fraction of sp³-hybridized carbons (Fsp3) is 0.533. The first-order valence-corrected chi connectivity index (χ1v) is 7.72. The summed E-state index contributed by atoms with van der Waals surface area (Å²) in [5.74, 6) is 0.0914. The van der Waals surface area contributed by atoms with Crippen LogP contribution < -0.4 is 5.32 Å². The van der Waals surface area contributed by atoms with Crippen LogP contribution in [0.1, 0.15) is 18.9 Å². The van der Waals surface area contributed by atoms with Crippen molar-refractivity contribution in [3.8, 4) is 0 Å². The average molecular weight is 341 g/mol. The topological polar surface area (TPSA) is 52.6 Å². The normalized spacial score (nSPS) is 23.6. The second kappa shape index (κ2) is 7.20. The lowest BCUT2D eigenvalue weighted by molar-refractivity contribution is -0.120. The summed E-state index contributed by atoms with van der Waals surface area (Å²) in [4.78, 5) is 13.5. The number of nitrogens with zero attached hydrogens (tertiary/aromatic N) is 1. The van der Waals surface area contributed by atoms with Gasteiger partial charge in [-0.2, -0.15) is 0 Å². The number of carbonyl (C=O) groups is 1. The van der Waals surface area contributed by atoms with Crippen LogP contribution in [0.3, 0.4) is 0 Å². The Bertz CT molecular complexity index is 467. The molecule has 2 atom stereocenters. The average Bonchev–Trinajstić information content (AvgIpc) is 2.40. The van der Waals surface area contributed by atoms with E-state index >= 15 is 0 Å². The summed E-state index contributed by atoms with van der Waals surface area (Å²) in [6.07, 6.45) is 0.888. The van der Waals surface area contributed by atoms with Crippen molar-refractivity contribution >= 4 is 21.8 Å². The van der Waals surface area contributed by atoms with Gasteiger partial charge in [0.15, 0.2) is 0 Å². The van der Waals surface area contributed by atoms with E-state index in [1.807, 2.05) is 12.1 Å². The minimum absolute atomic E-state index is 0.0195. The maximum absolute atomic E-state index is 11.2. The molecule has 1 aliphatic heterocycles. The van der Waals surface area contributed by atoms with Gasteiger partial charge in [-0.1, -0.05) is 28.1 Å². The van der Waals surface area contributed by atoms with E-state index in [4.69, 9.17) is 0 Å². The number of piperidine rings is 1. The molecule has 20 heavy (non-hydrogen) atoms. The van der Waals surface area contributed by atoms with Crippen molar-refractivity contribution in [2.45, 2.75) is 25.9 Å². The molecule has 5 heteroatoms. The van der Waals surface area contributed by atoms with Crippen LogP contribution in [0.25, 0.3) is 0 Å². The summed E-state index contributed by atoms with van der Waals surface area (Å²) in [5.41, 5.74) is 1.26. The highest BCUT2D eigenvalue weighted by molar-refractivity contribution is 9.10. The van der Waals surface area contributed by atoms with Gasteiger partial charge in [0, 0.05) is 49.6 Å². The van der Waals surface area contributed by atoms with Gasteiger partial charge < -0.3 is 10.4 Å². The highest BCUT2D eigenvalue weighted by Crippen LogP contribution is 2.20. The Kier molecular flexibility index (Phi) is 5.57. The van der Waals surface area contributed by atoms with Gasteiger partial charge in [0.25, 0.3) is 0 Å². The number of amides is 1. The predicted molar refractivity (Wildman–Crippen MR) is 82.2 cm³/mol. The summed E-state index contributed by atoms with van der Waals surface area (Å²) in [7, 11) is 0. The molecule has 1 aromatic rings. The number of rotatable bonds is 4. The summed E-state index contributed by atoms with van der Waals surface area (Å²) >= 11 is 3.48. The molecule has 0 bridgehead atoms. The van der Waals surface area contributed by atoms with Gasteiger partial charge in [0.05, 0.1) is 0 Å². The summed E-state index contributed by atoms with van der Waals surface area (Å²) < 4.78 is 1.09. The van der Waals surface area contributed by atoms with Crippen molar-refractivity contribution in [1.29, 1.82) is 0 Å². The Labute approximate surface area is 128 Å². The third-order valence-electron chi connectivity index (χ3n) is 3.74. The minimum atomic E-state index is -0.0195. The zero-order chi connectivity index (χ0) is 14.5. The van der Waals surface area contributed by atoms with E-state index in [9.17, 15) is 9.90 Å². The Hall–Kier alpha value is -0.910. The van der Waals surface area contributed by atoms with E-state index in [2.05, 4.69) is 38.3 Å². The second-order valence-corrected chi connectivity index (χ2v) is 6.32. The molecule has 1 aromatic carbocycles. The van der Waals surface area contributed by atoms with Gasteiger partial charge in [-0.05, 0) is 24.1 Å². The molecular formula is C15H21BrN2O2. The van der Waals surface area contributed by atoms with Crippen molar-refractivity contribution in [2.24, 2.45) is 5.92 Å². The lowest BCUT2D eigenvalue weighted by Gasteiger charge is -2.38. The van der Waals surface area contributed by atoms with E-state index in [0.717, 1.165) is 30.5 Å². The molecule has 4 nitrogen and oxygen atoms in total. The van der Waals surface area contributed by atoms with Crippen molar-refractivity contribution in [1.82, 2.24) is 10.2 Å². The van der Waals surface area contributed by atoms with Crippen LogP contribution in [0.4, 0.5) is 0 Å². The Morgan fingerprint density at radius 2 is 2.35 bits per heavy atom. The van der Waals surface area contributed by atoms with Crippen LogP contribution in [0, 0.1) is 5.92 Å². The predicted octanol–water partition coefficient (Wildman–Crippen LogP) is 1.77. The molecule has 1 saturated heterocycles. The van der Waals surface area contributed by atoms with Crippen LogP contribution in [0.15, 0.2) is 28.7 Å². The van der Waals surface area contributed by atoms with E-state index in [1.54, 1.807) is 0 Å². The zero-order valence-corrected chi connectivity index (χ0v) is 13.3. The largest absolute Gasteiger partial charge is 0.396 e. The minimum Gasteiger partial charge on any atom is -0.396 e. The van der Waals surface area contributed by atoms with Gasteiger partial charge in [0.2, 0.25) is 5.91 Å². The number of aliphatic hydroxyl groups is 1. The van der Waals surface area contributed by atoms with Crippen LogP contribution >= 0.6 is 15.9 Å². The number of carbonyl (C=O) groups excluding carboxylic acids is 1. The highest BCUT2D eigenvalue weighted by Gasteiger charge is 2.29. The quantitative estimate of drug-likeness (QED) is 0.878. The molecule has 1 aliphatic rings. The van der Waals surface area contributed by atoms with Crippen LogP contribution in [-0.4, -0.2) is 41.7 Å². The van der Waals surface area contributed by atoms with Crippen LogP contribution in [-0.2, 0) is 11.3 Å².